The maximum atomic E-state index is 5.91. The highest BCUT2D eigenvalue weighted by molar-refractivity contribution is 5.63. The predicted molar refractivity (Wildman–Crippen MR) is 137 cm³/mol. The van der Waals surface area contributed by atoms with Gasteiger partial charge in [-0.2, -0.15) is 0 Å². The standard InChI is InChI=1S/C30H45O/c1-2-3-4-5-6-7-8-9-10-11-12-13-14-15-16-20-27-31-30-25-23-29(24-26-30)28-21-18-17-19-22-28/h17-19,21-26H,1-16,20,27H2. The Labute approximate surface area is 192 Å². The molecule has 1 heteroatoms. The van der Waals surface area contributed by atoms with E-state index in [0.29, 0.717) is 0 Å². The monoisotopic (exact) mass is 421 g/mol. The Morgan fingerprint density at radius 1 is 0.452 bits per heavy atom. The first-order valence-corrected chi connectivity index (χ1v) is 13.0. The van der Waals surface area contributed by atoms with E-state index in [0.717, 1.165) is 25.2 Å². The molecular formula is C30H45O. The topological polar surface area (TPSA) is 9.23 Å². The van der Waals surface area contributed by atoms with E-state index in [-0.39, 0.29) is 0 Å². The molecule has 0 aliphatic carbocycles. The van der Waals surface area contributed by atoms with E-state index in [2.05, 4.69) is 61.5 Å². The second-order valence-corrected chi connectivity index (χ2v) is 8.90. The van der Waals surface area contributed by atoms with E-state index >= 15 is 0 Å². The van der Waals surface area contributed by atoms with Gasteiger partial charge in [-0.05, 0) is 29.7 Å². The highest BCUT2D eigenvalue weighted by atomic mass is 16.5. The quantitative estimate of drug-likeness (QED) is 0.205. The minimum absolute atomic E-state index is 0.833. The molecule has 0 aliphatic rings. The van der Waals surface area contributed by atoms with Crippen molar-refractivity contribution in [3.63, 3.8) is 0 Å². The maximum absolute atomic E-state index is 5.91. The van der Waals surface area contributed by atoms with Gasteiger partial charge in [-0.25, -0.2) is 0 Å². The molecule has 31 heavy (non-hydrogen) atoms. The Balaban J connectivity index is 1.35. The van der Waals surface area contributed by atoms with Crippen molar-refractivity contribution in [1.29, 1.82) is 0 Å². The average Bonchev–Trinajstić information content (AvgIpc) is 2.82. The molecule has 0 atom stereocenters. The number of ether oxygens (including phenoxy) is 1. The minimum Gasteiger partial charge on any atom is -0.494 e. The zero-order valence-corrected chi connectivity index (χ0v) is 19.8. The van der Waals surface area contributed by atoms with Gasteiger partial charge in [0, 0.05) is 0 Å². The Kier molecular flexibility index (Phi) is 14.7. The molecule has 0 spiro atoms. The zero-order chi connectivity index (χ0) is 21.8. The lowest BCUT2D eigenvalue weighted by Gasteiger charge is -2.08. The summed E-state index contributed by atoms with van der Waals surface area (Å²) in [6.07, 6.45) is 21.9. The molecule has 0 amide bonds. The Bertz CT molecular complexity index is 631. The molecule has 0 fully saturated rings. The molecule has 0 heterocycles. The van der Waals surface area contributed by atoms with E-state index in [4.69, 9.17) is 4.74 Å². The highest BCUT2D eigenvalue weighted by Crippen LogP contribution is 2.22. The highest BCUT2D eigenvalue weighted by Gasteiger charge is 1.99. The molecule has 0 aliphatic heterocycles. The molecule has 0 saturated heterocycles. The Morgan fingerprint density at radius 3 is 1.35 bits per heavy atom. The van der Waals surface area contributed by atoms with Crippen LogP contribution in [0, 0.1) is 6.92 Å². The fraction of sp³-hybridized carbons (Fsp3) is 0.567. The van der Waals surface area contributed by atoms with E-state index in [9.17, 15) is 0 Å². The van der Waals surface area contributed by atoms with Crippen molar-refractivity contribution in [2.75, 3.05) is 6.61 Å². The van der Waals surface area contributed by atoms with E-state index < -0.39 is 0 Å². The summed E-state index contributed by atoms with van der Waals surface area (Å²) in [6.45, 7) is 4.74. The number of benzene rings is 2. The van der Waals surface area contributed by atoms with Crippen molar-refractivity contribution in [3.8, 4) is 16.9 Å². The third-order valence-electron chi connectivity index (χ3n) is 6.12. The second kappa shape index (κ2) is 17.9. The molecule has 2 aromatic rings. The number of unbranched alkanes of at least 4 members (excludes halogenated alkanes) is 15. The number of hydrogen-bond acceptors (Lipinski definition) is 1. The van der Waals surface area contributed by atoms with Crippen molar-refractivity contribution in [1.82, 2.24) is 0 Å². The summed E-state index contributed by atoms with van der Waals surface area (Å²) in [5, 5.41) is 0. The molecule has 1 nitrogen and oxygen atoms in total. The first-order chi connectivity index (χ1) is 15.4. The van der Waals surface area contributed by atoms with Gasteiger partial charge < -0.3 is 4.74 Å². The smallest absolute Gasteiger partial charge is 0.119 e. The van der Waals surface area contributed by atoms with E-state index in [1.165, 1.54) is 101 Å². The summed E-state index contributed by atoms with van der Waals surface area (Å²) in [6, 6.07) is 19.0. The number of rotatable bonds is 19. The first kappa shape index (κ1) is 25.5. The summed E-state index contributed by atoms with van der Waals surface area (Å²) >= 11 is 0. The normalized spacial score (nSPS) is 11.0. The SMILES string of the molecule is [CH2]CCCCCCCCCCCCCCCCCOc1ccc(-c2ccccc2)cc1. The third kappa shape index (κ3) is 12.6. The number of hydrogen-bond donors (Lipinski definition) is 0. The minimum atomic E-state index is 0.833. The third-order valence-corrected chi connectivity index (χ3v) is 6.12. The maximum Gasteiger partial charge on any atom is 0.119 e. The molecule has 0 saturated carbocycles. The van der Waals surface area contributed by atoms with Gasteiger partial charge in [-0.3, -0.25) is 0 Å². The average molecular weight is 422 g/mol. The first-order valence-electron chi connectivity index (χ1n) is 13.0. The fourth-order valence-corrected chi connectivity index (χ4v) is 4.14. The summed E-state index contributed by atoms with van der Waals surface area (Å²) in [4.78, 5) is 0. The van der Waals surface area contributed by atoms with Crippen LogP contribution in [0.15, 0.2) is 54.6 Å². The van der Waals surface area contributed by atoms with Crippen LogP contribution in [0.3, 0.4) is 0 Å². The lowest BCUT2D eigenvalue weighted by atomic mass is 10.0. The Morgan fingerprint density at radius 2 is 0.871 bits per heavy atom. The van der Waals surface area contributed by atoms with Crippen LogP contribution in [-0.2, 0) is 0 Å². The van der Waals surface area contributed by atoms with Gasteiger partial charge >= 0.3 is 0 Å². The summed E-state index contributed by atoms with van der Waals surface area (Å²) in [5.74, 6) is 0.984. The van der Waals surface area contributed by atoms with Crippen molar-refractivity contribution in [3.05, 3.63) is 61.5 Å². The van der Waals surface area contributed by atoms with Crippen molar-refractivity contribution >= 4 is 0 Å². The molecule has 0 unspecified atom stereocenters. The molecule has 2 rings (SSSR count). The van der Waals surface area contributed by atoms with Gasteiger partial charge in [0.25, 0.3) is 0 Å². The van der Waals surface area contributed by atoms with Gasteiger partial charge in [0.1, 0.15) is 5.75 Å². The van der Waals surface area contributed by atoms with E-state index in [1.54, 1.807) is 0 Å². The van der Waals surface area contributed by atoms with E-state index in [1.807, 2.05) is 0 Å². The summed E-state index contributed by atoms with van der Waals surface area (Å²) in [5.41, 5.74) is 2.50. The molecule has 0 bridgehead atoms. The molecular weight excluding hydrogens is 376 g/mol. The van der Waals surface area contributed by atoms with Crippen LogP contribution in [0.1, 0.15) is 103 Å². The largest absolute Gasteiger partial charge is 0.494 e. The fourth-order valence-electron chi connectivity index (χ4n) is 4.14. The van der Waals surface area contributed by atoms with Gasteiger partial charge in [0.15, 0.2) is 0 Å². The lowest BCUT2D eigenvalue weighted by Crippen LogP contribution is -1.97. The summed E-state index contributed by atoms with van der Waals surface area (Å²) in [7, 11) is 0. The second-order valence-electron chi connectivity index (χ2n) is 8.90. The molecule has 0 aromatic heterocycles. The van der Waals surface area contributed by atoms with Gasteiger partial charge in [-0.15, -0.1) is 0 Å². The molecule has 0 N–H and O–H groups in total. The van der Waals surface area contributed by atoms with Crippen molar-refractivity contribution < 1.29 is 4.74 Å². The van der Waals surface area contributed by atoms with Crippen LogP contribution in [-0.4, -0.2) is 6.61 Å². The van der Waals surface area contributed by atoms with Crippen LogP contribution in [0.5, 0.6) is 5.75 Å². The van der Waals surface area contributed by atoms with Gasteiger partial charge in [-0.1, -0.05) is 146 Å². The van der Waals surface area contributed by atoms with Crippen LogP contribution in [0.25, 0.3) is 11.1 Å². The van der Waals surface area contributed by atoms with Crippen LogP contribution in [0.2, 0.25) is 0 Å². The predicted octanol–water partition coefficient (Wildman–Crippen LogP) is 9.81. The van der Waals surface area contributed by atoms with Crippen LogP contribution in [0.4, 0.5) is 0 Å². The zero-order valence-electron chi connectivity index (χ0n) is 19.8. The van der Waals surface area contributed by atoms with Crippen molar-refractivity contribution in [2.24, 2.45) is 0 Å². The van der Waals surface area contributed by atoms with Crippen LogP contribution >= 0.6 is 0 Å². The van der Waals surface area contributed by atoms with Crippen LogP contribution < -0.4 is 4.74 Å². The molecule has 1 radical (unpaired) electrons. The lowest BCUT2D eigenvalue weighted by molar-refractivity contribution is 0.304. The Hall–Kier alpha value is -1.76. The van der Waals surface area contributed by atoms with Gasteiger partial charge in [0.05, 0.1) is 6.61 Å². The molecule has 171 valence electrons. The summed E-state index contributed by atoms with van der Waals surface area (Å²) < 4.78 is 5.91. The van der Waals surface area contributed by atoms with Gasteiger partial charge in [0.2, 0.25) is 0 Å². The molecule has 2 aromatic carbocycles. The van der Waals surface area contributed by atoms with Crippen molar-refractivity contribution in [2.45, 2.75) is 103 Å².